The highest BCUT2D eigenvalue weighted by Gasteiger charge is 2.47. The summed E-state index contributed by atoms with van der Waals surface area (Å²) in [5, 5.41) is 12.3. The van der Waals surface area contributed by atoms with Crippen LogP contribution < -0.4 is 30.4 Å². The first kappa shape index (κ1) is 34.4. The summed E-state index contributed by atoms with van der Waals surface area (Å²) in [5.74, 6) is 1.87. The van der Waals surface area contributed by atoms with Crippen LogP contribution in [-0.4, -0.2) is 8.07 Å². The van der Waals surface area contributed by atoms with Crippen LogP contribution in [0.3, 0.4) is 0 Å². The van der Waals surface area contributed by atoms with Gasteiger partial charge in [-0.2, -0.15) is 0 Å². The maximum Gasteiger partial charge on any atom is 0.188 e. The molecular formula is C56H37NO2Si. The van der Waals surface area contributed by atoms with Crippen molar-refractivity contribution in [2.75, 3.05) is 4.90 Å². The lowest BCUT2D eigenvalue weighted by Crippen LogP contribution is -2.76. The van der Waals surface area contributed by atoms with Crippen molar-refractivity contribution >= 4 is 89.4 Å². The van der Waals surface area contributed by atoms with E-state index in [0.717, 1.165) is 50.5 Å². The van der Waals surface area contributed by atoms with Crippen molar-refractivity contribution in [3.05, 3.63) is 224 Å². The molecule has 12 rings (SSSR count). The Bertz CT molecular complexity index is 3380. The molecular weight excluding hydrogens is 747 g/mol. The molecule has 1 aromatic heterocycles. The number of para-hydroxylation sites is 3. The largest absolute Gasteiger partial charge is 0.458 e. The van der Waals surface area contributed by atoms with Gasteiger partial charge in [-0.05, 0) is 108 Å². The average molecular weight is 784 g/mol. The molecule has 0 saturated carbocycles. The quantitative estimate of drug-likeness (QED) is 0.157. The number of fused-ring (bicyclic) bond motifs is 7. The number of hydrogen-bond donors (Lipinski definition) is 0. The predicted molar refractivity (Wildman–Crippen MR) is 253 cm³/mol. The van der Waals surface area contributed by atoms with Crippen molar-refractivity contribution < 1.29 is 9.15 Å². The van der Waals surface area contributed by atoms with Crippen molar-refractivity contribution in [1.82, 2.24) is 0 Å². The van der Waals surface area contributed by atoms with E-state index < -0.39 is 8.07 Å². The van der Waals surface area contributed by atoms with Gasteiger partial charge in [0.15, 0.2) is 8.07 Å². The van der Waals surface area contributed by atoms with Gasteiger partial charge >= 0.3 is 0 Å². The van der Waals surface area contributed by atoms with Crippen LogP contribution in [0, 0.1) is 0 Å². The van der Waals surface area contributed by atoms with Crippen LogP contribution in [0.4, 0.5) is 17.1 Å². The molecule has 282 valence electrons. The highest BCUT2D eigenvalue weighted by atomic mass is 28.3. The van der Waals surface area contributed by atoms with Gasteiger partial charge in [0.05, 0.1) is 0 Å². The molecule has 3 nitrogen and oxygen atoms in total. The molecule has 0 fully saturated rings. The smallest absolute Gasteiger partial charge is 0.188 e. The number of benzene rings is 10. The van der Waals surface area contributed by atoms with Crippen LogP contribution in [0.2, 0.25) is 0 Å². The lowest BCUT2D eigenvalue weighted by Gasteiger charge is -2.39. The van der Waals surface area contributed by atoms with Gasteiger partial charge in [-0.25, -0.2) is 0 Å². The minimum atomic E-state index is -2.77. The number of anilines is 3. The summed E-state index contributed by atoms with van der Waals surface area (Å²) < 4.78 is 13.0. The number of furan rings is 1. The van der Waals surface area contributed by atoms with E-state index in [4.69, 9.17) is 9.15 Å². The first-order chi connectivity index (χ1) is 29.7. The van der Waals surface area contributed by atoms with Gasteiger partial charge in [-0.15, -0.1) is 0 Å². The first-order valence-corrected chi connectivity index (χ1v) is 22.5. The van der Waals surface area contributed by atoms with Gasteiger partial charge in [0, 0.05) is 33.9 Å². The van der Waals surface area contributed by atoms with Crippen LogP contribution >= 0.6 is 0 Å². The number of ether oxygens (including phenoxy) is 1. The lowest BCUT2D eigenvalue weighted by atomic mass is 9.98. The summed E-state index contributed by atoms with van der Waals surface area (Å²) in [4.78, 5) is 2.35. The van der Waals surface area contributed by atoms with Gasteiger partial charge < -0.3 is 14.1 Å². The van der Waals surface area contributed by atoms with E-state index >= 15 is 0 Å². The fourth-order valence-electron chi connectivity index (χ4n) is 9.64. The molecule has 1 aliphatic heterocycles. The van der Waals surface area contributed by atoms with Crippen molar-refractivity contribution in [3.63, 3.8) is 0 Å². The van der Waals surface area contributed by atoms with Crippen LogP contribution in [0.1, 0.15) is 0 Å². The molecule has 0 aliphatic carbocycles. The summed E-state index contributed by atoms with van der Waals surface area (Å²) in [7, 11) is -2.77. The molecule has 2 heterocycles. The third-order valence-corrected chi connectivity index (χ3v) is 17.2. The molecule has 10 aromatic carbocycles. The average Bonchev–Trinajstić information content (AvgIpc) is 3.69. The summed E-state index contributed by atoms with van der Waals surface area (Å²) in [6, 6.07) is 81.3. The first-order valence-electron chi connectivity index (χ1n) is 20.5. The van der Waals surface area contributed by atoms with Crippen LogP contribution in [0.25, 0.3) is 54.6 Å². The van der Waals surface area contributed by atoms with Crippen molar-refractivity contribution in [2.45, 2.75) is 0 Å². The van der Waals surface area contributed by atoms with Crippen molar-refractivity contribution in [1.29, 1.82) is 0 Å². The zero-order chi connectivity index (χ0) is 39.6. The SMILES string of the molecule is c1ccc([Si]2(c3ccc4cc(N(c5ccc(-c6cccc7ccccc67)cc5)c5ccc6c(c5)oc5ccccc56)ccc4c3)c3ccccc3Oc3ccccc32)cc1. The monoisotopic (exact) mass is 783 g/mol. The minimum absolute atomic E-state index is 0.865. The number of hydrogen-bond acceptors (Lipinski definition) is 3. The van der Waals surface area contributed by atoms with Crippen molar-refractivity contribution in [2.24, 2.45) is 0 Å². The standard InChI is InChI=1S/C56H37NO2Si/c1-2-15-45(16-3-1)60(55-23-10-8-21-52(55)59-53-22-9-11-24-56(53)60)46-33-28-40-35-43(31-27-41(40)36-46)57(44-32-34-50-49-18-6-7-20-51(49)58-54(50)37-44)42-29-25-39(26-30-42)48-19-12-14-38-13-4-5-17-47(38)48/h1-37H. The van der Waals surface area contributed by atoms with Gasteiger partial charge in [0.2, 0.25) is 0 Å². The van der Waals surface area contributed by atoms with Gasteiger partial charge in [0.1, 0.15) is 22.7 Å². The third-order valence-electron chi connectivity index (χ3n) is 12.4. The highest BCUT2D eigenvalue weighted by molar-refractivity contribution is 7.20. The topological polar surface area (TPSA) is 25.6 Å². The summed E-state index contributed by atoms with van der Waals surface area (Å²) >= 11 is 0. The molecule has 11 aromatic rings. The fourth-order valence-corrected chi connectivity index (χ4v) is 14.6. The predicted octanol–water partition coefficient (Wildman–Crippen LogP) is 12.5. The van der Waals surface area contributed by atoms with E-state index in [1.807, 2.05) is 12.1 Å². The highest BCUT2D eigenvalue weighted by Crippen LogP contribution is 2.41. The number of rotatable bonds is 6. The second-order valence-corrected chi connectivity index (χ2v) is 19.4. The Labute approximate surface area is 349 Å². The van der Waals surface area contributed by atoms with E-state index in [2.05, 4.69) is 217 Å². The summed E-state index contributed by atoms with van der Waals surface area (Å²) in [6.07, 6.45) is 0. The van der Waals surface area contributed by atoms with E-state index in [1.165, 1.54) is 53.4 Å². The Morgan fingerprint density at radius 1 is 0.350 bits per heavy atom. The van der Waals surface area contributed by atoms with Gasteiger partial charge in [0.25, 0.3) is 0 Å². The zero-order valence-corrected chi connectivity index (χ0v) is 33.6. The Balaban J connectivity index is 1.02. The molecule has 0 unspecified atom stereocenters. The van der Waals surface area contributed by atoms with E-state index in [0.29, 0.717) is 0 Å². The van der Waals surface area contributed by atoms with Crippen molar-refractivity contribution in [3.8, 4) is 22.6 Å². The number of nitrogens with zero attached hydrogens (tertiary/aromatic N) is 1. The summed E-state index contributed by atoms with van der Waals surface area (Å²) in [5.41, 5.74) is 7.33. The molecule has 0 N–H and O–H groups in total. The van der Waals surface area contributed by atoms with Crippen LogP contribution in [0.15, 0.2) is 229 Å². The lowest BCUT2D eigenvalue weighted by molar-refractivity contribution is 0.487. The molecule has 0 spiro atoms. The summed E-state index contributed by atoms with van der Waals surface area (Å²) in [6.45, 7) is 0. The Morgan fingerprint density at radius 2 is 0.950 bits per heavy atom. The fraction of sp³-hybridized carbons (Fsp3) is 0. The molecule has 0 saturated heterocycles. The molecule has 4 heteroatoms. The zero-order valence-electron chi connectivity index (χ0n) is 32.6. The van der Waals surface area contributed by atoms with Gasteiger partial charge in [-0.3, -0.25) is 0 Å². The van der Waals surface area contributed by atoms with Crippen LogP contribution in [-0.2, 0) is 0 Å². The van der Waals surface area contributed by atoms with E-state index in [-0.39, 0.29) is 0 Å². The van der Waals surface area contributed by atoms with Gasteiger partial charge in [-0.1, -0.05) is 164 Å². The normalized spacial score (nSPS) is 12.9. The second kappa shape index (κ2) is 13.7. The molecule has 0 radical (unpaired) electrons. The van der Waals surface area contributed by atoms with E-state index in [9.17, 15) is 0 Å². The minimum Gasteiger partial charge on any atom is -0.458 e. The molecule has 0 atom stereocenters. The van der Waals surface area contributed by atoms with Crippen LogP contribution in [0.5, 0.6) is 11.5 Å². The Kier molecular flexibility index (Phi) is 7.87. The molecule has 0 bridgehead atoms. The van der Waals surface area contributed by atoms with E-state index in [1.54, 1.807) is 0 Å². The maximum atomic E-state index is 6.61. The molecule has 0 amide bonds. The molecule has 60 heavy (non-hydrogen) atoms. The maximum absolute atomic E-state index is 6.61. The third kappa shape index (κ3) is 5.35. The Hall–Kier alpha value is -7.66. The second-order valence-electron chi connectivity index (χ2n) is 15.6. The Morgan fingerprint density at radius 3 is 1.77 bits per heavy atom. The molecule has 1 aliphatic rings.